The smallest absolute Gasteiger partial charge is 0.181 e. The van der Waals surface area contributed by atoms with Gasteiger partial charge < -0.3 is 10.3 Å². The predicted octanol–water partition coefficient (Wildman–Crippen LogP) is 0.586. The Kier molecular flexibility index (Phi) is 3.05. The van der Waals surface area contributed by atoms with Gasteiger partial charge in [0.15, 0.2) is 5.43 Å². The molecule has 3 heteroatoms. The van der Waals surface area contributed by atoms with Crippen molar-refractivity contribution in [2.45, 2.75) is 25.9 Å². The average molecular weight is 166 g/mol. The van der Waals surface area contributed by atoms with E-state index in [9.17, 15) is 4.79 Å². The third-order valence-corrected chi connectivity index (χ3v) is 1.83. The van der Waals surface area contributed by atoms with Crippen LogP contribution in [0.15, 0.2) is 29.3 Å². The molecular formula is C9H14N2O. The van der Waals surface area contributed by atoms with Crippen molar-refractivity contribution >= 4 is 0 Å². The summed E-state index contributed by atoms with van der Waals surface area (Å²) in [6.45, 7) is 2.82. The van der Waals surface area contributed by atoms with Crippen LogP contribution in [-0.4, -0.2) is 10.6 Å². The topological polar surface area (TPSA) is 48.0 Å². The van der Waals surface area contributed by atoms with Gasteiger partial charge in [0.1, 0.15) is 0 Å². The maximum Gasteiger partial charge on any atom is 0.181 e. The van der Waals surface area contributed by atoms with Crippen LogP contribution in [0, 0.1) is 0 Å². The SMILES string of the molecule is CCC(N)Cn1ccc(=O)cc1. The van der Waals surface area contributed by atoms with Crippen LogP contribution < -0.4 is 11.2 Å². The molecule has 1 aromatic heterocycles. The Hall–Kier alpha value is -1.09. The summed E-state index contributed by atoms with van der Waals surface area (Å²) in [7, 11) is 0. The molecule has 2 N–H and O–H groups in total. The summed E-state index contributed by atoms with van der Waals surface area (Å²) in [6.07, 6.45) is 4.47. The van der Waals surface area contributed by atoms with Crippen LogP contribution in [-0.2, 0) is 6.54 Å². The molecule has 1 aromatic rings. The van der Waals surface area contributed by atoms with Crippen LogP contribution in [0.4, 0.5) is 0 Å². The molecule has 1 rings (SSSR count). The number of hydrogen-bond acceptors (Lipinski definition) is 2. The number of pyridine rings is 1. The zero-order valence-corrected chi connectivity index (χ0v) is 7.23. The van der Waals surface area contributed by atoms with Gasteiger partial charge in [0, 0.05) is 37.1 Å². The highest BCUT2D eigenvalue weighted by Crippen LogP contribution is 1.92. The first-order chi connectivity index (χ1) is 5.72. The molecule has 1 heterocycles. The van der Waals surface area contributed by atoms with Gasteiger partial charge in [-0.25, -0.2) is 0 Å². The van der Waals surface area contributed by atoms with Crippen molar-refractivity contribution in [3.63, 3.8) is 0 Å². The number of rotatable bonds is 3. The minimum absolute atomic E-state index is 0.0383. The third-order valence-electron chi connectivity index (χ3n) is 1.83. The first-order valence-corrected chi connectivity index (χ1v) is 4.14. The van der Waals surface area contributed by atoms with Crippen LogP contribution in [0.2, 0.25) is 0 Å². The molecule has 0 spiro atoms. The molecule has 0 aliphatic carbocycles. The van der Waals surface area contributed by atoms with Gasteiger partial charge in [-0.3, -0.25) is 4.79 Å². The highest BCUT2D eigenvalue weighted by atomic mass is 16.1. The Labute approximate surface area is 71.8 Å². The maximum atomic E-state index is 10.7. The summed E-state index contributed by atoms with van der Waals surface area (Å²) in [5, 5.41) is 0. The Balaban J connectivity index is 2.64. The van der Waals surface area contributed by atoms with Crippen molar-refractivity contribution in [2.75, 3.05) is 0 Å². The molecule has 3 nitrogen and oxygen atoms in total. The number of nitrogens with zero attached hydrogens (tertiary/aromatic N) is 1. The Morgan fingerprint density at radius 2 is 2.08 bits per heavy atom. The van der Waals surface area contributed by atoms with Crippen molar-refractivity contribution in [2.24, 2.45) is 5.73 Å². The molecule has 0 bridgehead atoms. The second-order valence-electron chi connectivity index (χ2n) is 2.90. The summed E-state index contributed by atoms with van der Waals surface area (Å²) in [4.78, 5) is 10.7. The molecule has 1 atom stereocenters. The van der Waals surface area contributed by atoms with E-state index in [2.05, 4.69) is 0 Å². The van der Waals surface area contributed by atoms with E-state index in [0.29, 0.717) is 0 Å². The Morgan fingerprint density at radius 1 is 1.50 bits per heavy atom. The molecule has 66 valence electrons. The van der Waals surface area contributed by atoms with Gasteiger partial charge in [0.2, 0.25) is 0 Å². The maximum absolute atomic E-state index is 10.7. The summed E-state index contributed by atoms with van der Waals surface area (Å²) >= 11 is 0. The second kappa shape index (κ2) is 4.07. The van der Waals surface area contributed by atoms with Crippen LogP contribution in [0.5, 0.6) is 0 Å². The zero-order chi connectivity index (χ0) is 8.97. The van der Waals surface area contributed by atoms with Crippen LogP contribution >= 0.6 is 0 Å². The lowest BCUT2D eigenvalue weighted by molar-refractivity contribution is 0.536. The zero-order valence-electron chi connectivity index (χ0n) is 7.23. The standard InChI is InChI=1S/C9H14N2O/c1-2-8(10)7-11-5-3-9(12)4-6-11/h3-6,8H,2,7,10H2,1H3. The molecule has 0 radical (unpaired) electrons. The van der Waals surface area contributed by atoms with Crippen molar-refractivity contribution < 1.29 is 0 Å². The van der Waals surface area contributed by atoms with E-state index >= 15 is 0 Å². The lowest BCUT2D eigenvalue weighted by Crippen LogP contribution is -2.25. The molecule has 0 aliphatic rings. The third kappa shape index (κ3) is 2.51. The van der Waals surface area contributed by atoms with Gasteiger partial charge in [-0.05, 0) is 6.42 Å². The van der Waals surface area contributed by atoms with Crippen LogP contribution in [0.1, 0.15) is 13.3 Å². The number of nitrogens with two attached hydrogens (primary N) is 1. The van der Waals surface area contributed by atoms with E-state index in [4.69, 9.17) is 5.73 Å². The van der Waals surface area contributed by atoms with E-state index in [1.54, 1.807) is 24.5 Å². The monoisotopic (exact) mass is 166 g/mol. The summed E-state index contributed by atoms with van der Waals surface area (Å²) in [6, 6.07) is 3.26. The average Bonchev–Trinajstić information content (AvgIpc) is 2.09. The lowest BCUT2D eigenvalue weighted by atomic mass is 10.2. The molecule has 0 aliphatic heterocycles. The van der Waals surface area contributed by atoms with Gasteiger partial charge in [-0.2, -0.15) is 0 Å². The Morgan fingerprint density at radius 3 is 2.58 bits per heavy atom. The van der Waals surface area contributed by atoms with Crippen molar-refractivity contribution in [1.29, 1.82) is 0 Å². The minimum Gasteiger partial charge on any atom is -0.352 e. The second-order valence-corrected chi connectivity index (χ2v) is 2.90. The molecular weight excluding hydrogens is 152 g/mol. The first-order valence-electron chi connectivity index (χ1n) is 4.14. The molecule has 0 saturated carbocycles. The fourth-order valence-electron chi connectivity index (χ4n) is 0.965. The van der Waals surface area contributed by atoms with E-state index in [-0.39, 0.29) is 11.5 Å². The quantitative estimate of drug-likeness (QED) is 0.714. The van der Waals surface area contributed by atoms with Gasteiger partial charge in [-0.1, -0.05) is 6.92 Å². The minimum atomic E-state index is 0.0383. The normalized spacial score (nSPS) is 12.8. The van der Waals surface area contributed by atoms with Crippen LogP contribution in [0.3, 0.4) is 0 Å². The fourth-order valence-corrected chi connectivity index (χ4v) is 0.965. The van der Waals surface area contributed by atoms with E-state index < -0.39 is 0 Å². The van der Waals surface area contributed by atoms with Gasteiger partial charge >= 0.3 is 0 Å². The van der Waals surface area contributed by atoms with E-state index in [1.807, 2.05) is 11.5 Å². The highest BCUT2D eigenvalue weighted by Gasteiger charge is 1.97. The predicted molar refractivity (Wildman–Crippen MR) is 49.0 cm³/mol. The summed E-state index contributed by atoms with van der Waals surface area (Å²) < 4.78 is 1.93. The van der Waals surface area contributed by atoms with E-state index in [1.165, 1.54) is 0 Å². The van der Waals surface area contributed by atoms with Gasteiger partial charge in [0.05, 0.1) is 0 Å². The van der Waals surface area contributed by atoms with Crippen LogP contribution in [0.25, 0.3) is 0 Å². The first kappa shape index (κ1) is 9.00. The molecule has 12 heavy (non-hydrogen) atoms. The van der Waals surface area contributed by atoms with E-state index in [0.717, 1.165) is 13.0 Å². The lowest BCUT2D eigenvalue weighted by Gasteiger charge is -2.10. The van der Waals surface area contributed by atoms with Gasteiger partial charge in [-0.15, -0.1) is 0 Å². The summed E-state index contributed by atoms with van der Waals surface area (Å²) in [5.74, 6) is 0. The number of hydrogen-bond donors (Lipinski definition) is 1. The largest absolute Gasteiger partial charge is 0.352 e. The molecule has 1 unspecified atom stereocenters. The van der Waals surface area contributed by atoms with Crippen molar-refractivity contribution in [1.82, 2.24) is 4.57 Å². The number of aromatic nitrogens is 1. The van der Waals surface area contributed by atoms with Crippen molar-refractivity contribution in [3.05, 3.63) is 34.7 Å². The molecule has 0 aromatic carbocycles. The Bertz CT molecular complexity index is 272. The summed E-state index contributed by atoms with van der Waals surface area (Å²) in [5.41, 5.74) is 5.78. The highest BCUT2D eigenvalue weighted by molar-refractivity contribution is 4.93. The molecule has 0 saturated heterocycles. The molecule has 0 amide bonds. The van der Waals surface area contributed by atoms with Crippen molar-refractivity contribution in [3.8, 4) is 0 Å². The van der Waals surface area contributed by atoms with Gasteiger partial charge in [0.25, 0.3) is 0 Å². The molecule has 0 fully saturated rings. The fraction of sp³-hybridized carbons (Fsp3) is 0.444.